The molecule has 2 aliphatic heterocycles. The predicted molar refractivity (Wildman–Crippen MR) is 73.1 cm³/mol. The fourth-order valence-electron chi connectivity index (χ4n) is 3.61. The molecule has 0 radical (unpaired) electrons. The molecule has 2 heterocycles. The van der Waals surface area contributed by atoms with E-state index < -0.39 is 0 Å². The van der Waals surface area contributed by atoms with Crippen LogP contribution in [0.1, 0.15) is 39.5 Å². The van der Waals surface area contributed by atoms with E-state index in [-0.39, 0.29) is 35.7 Å². The SMILES string of the molecule is CC1(CO)COC2(CCC3(CC2)NC(C)(CO)CO3)N1. The first-order chi connectivity index (χ1) is 9.36. The molecule has 116 valence electrons. The van der Waals surface area contributed by atoms with Gasteiger partial charge in [-0.2, -0.15) is 0 Å². The second-order valence-electron chi connectivity index (χ2n) is 7.25. The third kappa shape index (κ3) is 2.38. The number of ether oxygens (including phenoxy) is 2. The minimum Gasteiger partial charge on any atom is -0.394 e. The fraction of sp³-hybridized carbons (Fsp3) is 1.00. The molecule has 4 N–H and O–H groups in total. The molecule has 2 spiro atoms. The lowest BCUT2D eigenvalue weighted by atomic mass is 9.84. The van der Waals surface area contributed by atoms with Crippen LogP contribution in [0.5, 0.6) is 0 Å². The molecule has 1 aliphatic carbocycles. The Kier molecular flexibility index (Phi) is 3.40. The van der Waals surface area contributed by atoms with Gasteiger partial charge in [0.15, 0.2) is 0 Å². The zero-order valence-electron chi connectivity index (χ0n) is 12.4. The van der Waals surface area contributed by atoms with Crippen molar-refractivity contribution in [2.75, 3.05) is 26.4 Å². The molecule has 0 aromatic carbocycles. The molecule has 0 bridgehead atoms. The standard InChI is InChI=1S/C14H26N2O4/c1-11(7-17)9-19-13(15-11)3-5-14(6-4-13)16-12(2,8-18)10-20-14/h15-18H,3-10H2,1-2H3. The summed E-state index contributed by atoms with van der Waals surface area (Å²) in [5.41, 5.74) is -1.33. The van der Waals surface area contributed by atoms with Gasteiger partial charge in [0.1, 0.15) is 11.4 Å². The Morgan fingerprint density at radius 3 is 1.40 bits per heavy atom. The highest BCUT2D eigenvalue weighted by Gasteiger charge is 2.54. The summed E-state index contributed by atoms with van der Waals surface area (Å²) >= 11 is 0. The Labute approximate surface area is 119 Å². The number of aliphatic hydroxyl groups is 2. The topological polar surface area (TPSA) is 83.0 Å². The van der Waals surface area contributed by atoms with Crippen LogP contribution in [0.4, 0.5) is 0 Å². The van der Waals surface area contributed by atoms with E-state index >= 15 is 0 Å². The van der Waals surface area contributed by atoms with Gasteiger partial charge >= 0.3 is 0 Å². The first-order valence-corrected chi connectivity index (χ1v) is 7.45. The zero-order chi connectivity index (χ0) is 14.5. The molecule has 0 aromatic rings. The van der Waals surface area contributed by atoms with E-state index in [0.29, 0.717) is 13.2 Å². The van der Waals surface area contributed by atoms with E-state index in [1.807, 2.05) is 13.8 Å². The summed E-state index contributed by atoms with van der Waals surface area (Å²) in [5.74, 6) is 0. The third-order valence-electron chi connectivity index (χ3n) is 4.96. The Morgan fingerprint density at radius 2 is 1.15 bits per heavy atom. The van der Waals surface area contributed by atoms with Crippen molar-refractivity contribution in [1.82, 2.24) is 10.6 Å². The quantitative estimate of drug-likeness (QED) is 0.558. The van der Waals surface area contributed by atoms with Gasteiger partial charge < -0.3 is 19.7 Å². The Morgan fingerprint density at radius 1 is 0.800 bits per heavy atom. The van der Waals surface area contributed by atoms with Gasteiger partial charge in [-0.25, -0.2) is 0 Å². The van der Waals surface area contributed by atoms with E-state index in [0.717, 1.165) is 25.7 Å². The van der Waals surface area contributed by atoms with Crippen LogP contribution in [0.2, 0.25) is 0 Å². The van der Waals surface area contributed by atoms with E-state index in [4.69, 9.17) is 9.47 Å². The van der Waals surface area contributed by atoms with Gasteiger partial charge in [0.25, 0.3) is 0 Å². The van der Waals surface area contributed by atoms with Crippen LogP contribution in [0, 0.1) is 0 Å². The van der Waals surface area contributed by atoms with Crippen molar-refractivity contribution < 1.29 is 19.7 Å². The van der Waals surface area contributed by atoms with Gasteiger partial charge in [-0.3, -0.25) is 10.6 Å². The highest BCUT2D eigenvalue weighted by atomic mass is 16.5. The lowest BCUT2D eigenvalue weighted by Gasteiger charge is -2.43. The van der Waals surface area contributed by atoms with Gasteiger partial charge in [0.2, 0.25) is 0 Å². The number of hydrogen-bond acceptors (Lipinski definition) is 6. The van der Waals surface area contributed by atoms with Crippen molar-refractivity contribution in [2.45, 2.75) is 62.1 Å². The van der Waals surface area contributed by atoms with Gasteiger partial charge in [0.05, 0.1) is 37.5 Å². The Bertz CT molecular complexity index is 347. The highest BCUT2D eigenvalue weighted by Crippen LogP contribution is 2.43. The minimum absolute atomic E-state index is 0.0806. The first-order valence-electron chi connectivity index (χ1n) is 7.45. The molecular weight excluding hydrogens is 260 g/mol. The largest absolute Gasteiger partial charge is 0.394 e. The summed E-state index contributed by atoms with van der Waals surface area (Å²) in [6.45, 7) is 5.21. The smallest absolute Gasteiger partial charge is 0.120 e. The van der Waals surface area contributed by atoms with Gasteiger partial charge in [0, 0.05) is 0 Å². The Balaban J connectivity index is 1.64. The van der Waals surface area contributed by atoms with Crippen molar-refractivity contribution in [1.29, 1.82) is 0 Å². The lowest BCUT2D eigenvalue weighted by Crippen LogP contribution is -2.59. The monoisotopic (exact) mass is 286 g/mol. The molecule has 20 heavy (non-hydrogen) atoms. The van der Waals surface area contributed by atoms with Crippen molar-refractivity contribution in [3.63, 3.8) is 0 Å². The summed E-state index contributed by atoms with van der Waals surface area (Å²) in [5, 5.41) is 25.8. The summed E-state index contributed by atoms with van der Waals surface area (Å²) in [6.07, 6.45) is 3.38. The number of aliphatic hydroxyl groups excluding tert-OH is 2. The number of nitrogens with one attached hydrogen (secondary N) is 2. The van der Waals surface area contributed by atoms with Crippen LogP contribution in [0.15, 0.2) is 0 Å². The maximum absolute atomic E-state index is 9.44. The van der Waals surface area contributed by atoms with Crippen LogP contribution in [0.3, 0.4) is 0 Å². The second-order valence-corrected chi connectivity index (χ2v) is 7.25. The van der Waals surface area contributed by atoms with E-state index in [9.17, 15) is 10.2 Å². The molecule has 2 unspecified atom stereocenters. The molecule has 3 aliphatic rings. The molecule has 6 heteroatoms. The molecular formula is C14H26N2O4. The molecule has 1 saturated carbocycles. The van der Waals surface area contributed by atoms with E-state index in [1.54, 1.807) is 0 Å². The zero-order valence-corrected chi connectivity index (χ0v) is 12.4. The molecule has 2 saturated heterocycles. The predicted octanol–water partition coefficient (Wildman–Crippen LogP) is -0.305. The van der Waals surface area contributed by atoms with Crippen LogP contribution in [-0.2, 0) is 9.47 Å². The summed E-state index contributed by atoms with van der Waals surface area (Å²) in [4.78, 5) is 0. The summed E-state index contributed by atoms with van der Waals surface area (Å²) in [6, 6.07) is 0. The van der Waals surface area contributed by atoms with Crippen molar-refractivity contribution in [3.05, 3.63) is 0 Å². The third-order valence-corrected chi connectivity index (χ3v) is 4.96. The van der Waals surface area contributed by atoms with Gasteiger partial charge in [-0.1, -0.05) is 0 Å². The molecule has 3 fully saturated rings. The molecule has 0 aromatic heterocycles. The highest BCUT2D eigenvalue weighted by molar-refractivity contribution is 5.06. The van der Waals surface area contributed by atoms with Gasteiger partial charge in [-0.05, 0) is 39.5 Å². The lowest BCUT2D eigenvalue weighted by molar-refractivity contribution is -0.115. The number of hydrogen-bond donors (Lipinski definition) is 4. The van der Waals surface area contributed by atoms with Crippen LogP contribution in [-0.4, -0.2) is 59.2 Å². The molecule has 2 atom stereocenters. The average Bonchev–Trinajstić information content (AvgIpc) is 2.96. The normalized spacial score (nSPS) is 52.2. The molecule has 6 nitrogen and oxygen atoms in total. The molecule has 3 rings (SSSR count). The first kappa shape index (κ1) is 14.7. The van der Waals surface area contributed by atoms with Crippen molar-refractivity contribution in [3.8, 4) is 0 Å². The summed E-state index contributed by atoms with van der Waals surface area (Å²) in [7, 11) is 0. The van der Waals surface area contributed by atoms with Crippen molar-refractivity contribution >= 4 is 0 Å². The second kappa shape index (κ2) is 4.63. The maximum atomic E-state index is 9.44. The van der Waals surface area contributed by atoms with Crippen LogP contribution in [0.25, 0.3) is 0 Å². The molecule has 0 amide bonds. The maximum Gasteiger partial charge on any atom is 0.120 e. The minimum atomic E-state index is -0.339. The average molecular weight is 286 g/mol. The fourth-order valence-corrected chi connectivity index (χ4v) is 3.61. The summed E-state index contributed by atoms with van der Waals surface area (Å²) < 4.78 is 11.9. The van der Waals surface area contributed by atoms with Crippen molar-refractivity contribution in [2.24, 2.45) is 0 Å². The van der Waals surface area contributed by atoms with Crippen LogP contribution < -0.4 is 10.6 Å². The van der Waals surface area contributed by atoms with E-state index in [2.05, 4.69) is 10.6 Å². The number of rotatable bonds is 2. The Hall–Kier alpha value is -0.240. The van der Waals surface area contributed by atoms with Crippen LogP contribution >= 0.6 is 0 Å². The van der Waals surface area contributed by atoms with E-state index in [1.165, 1.54) is 0 Å². The van der Waals surface area contributed by atoms with Gasteiger partial charge in [-0.15, -0.1) is 0 Å².